The van der Waals surface area contributed by atoms with Gasteiger partial charge in [-0.3, -0.25) is 9.59 Å². The van der Waals surface area contributed by atoms with Gasteiger partial charge in [-0.25, -0.2) is 0 Å². The molecular formula is C16H29N3O3. The standard InChI is InChI=1S/C16H29N3O3/c1-2-22-15(20)11-18-16(21)14-5-9-19(10-6-14)12-13-3-7-17-8-4-13/h13-14,17H,2-12H2,1H3,(H,18,21). The van der Waals surface area contributed by atoms with Crippen LogP contribution in [0.1, 0.15) is 32.6 Å². The van der Waals surface area contributed by atoms with E-state index < -0.39 is 0 Å². The Morgan fingerprint density at radius 1 is 1.18 bits per heavy atom. The number of nitrogens with one attached hydrogen (secondary N) is 2. The predicted octanol–water partition coefficient (Wildman–Crippen LogP) is 0.377. The van der Waals surface area contributed by atoms with Crippen molar-refractivity contribution in [2.75, 3.05) is 45.9 Å². The normalized spacial score (nSPS) is 21.5. The highest BCUT2D eigenvalue weighted by molar-refractivity contribution is 5.83. The molecule has 0 aromatic heterocycles. The summed E-state index contributed by atoms with van der Waals surface area (Å²) in [5.74, 6) is 0.475. The van der Waals surface area contributed by atoms with Crippen LogP contribution >= 0.6 is 0 Å². The van der Waals surface area contributed by atoms with E-state index in [0.717, 1.165) is 44.9 Å². The molecule has 2 aliphatic heterocycles. The highest BCUT2D eigenvalue weighted by Gasteiger charge is 2.26. The molecule has 22 heavy (non-hydrogen) atoms. The number of nitrogens with zero attached hydrogens (tertiary/aromatic N) is 1. The van der Waals surface area contributed by atoms with Gasteiger partial charge in [0, 0.05) is 12.5 Å². The third-order valence-corrected chi connectivity index (χ3v) is 4.65. The summed E-state index contributed by atoms with van der Waals surface area (Å²) in [6, 6.07) is 0. The van der Waals surface area contributed by atoms with Crippen molar-refractivity contribution in [2.24, 2.45) is 11.8 Å². The molecule has 2 N–H and O–H groups in total. The predicted molar refractivity (Wildman–Crippen MR) is 84.4 cm³/mol. The van der Waals surface area contributed by atoms with Gasteiger partial charge in [-0.1, -0.05) is 0 Å². The molecule has 0 aromatic rings. The first-order valence-corrected chi connectivity index (χ1v) is 8.55. The van der Waals surface area contributed by atoms with Gasteiger partial charge in [-0.2, -0.15) is 0 Å². The molecule has 2 fully saturated rings. The van der Waals surface area contributed by atoms with E-state index >= 15 is 0 Å². The molecule has 0 saturated carbocycles. The number of hydrogen-bond acceptors (Lipinski definition) is 5. The van der Waals surface area contributed by atoms with Crippen LogP contribution in [0.15, 0.2) is 0 Å². The first-order valence-electron chi connectivity index (χ1n) is 8.55. The number of amides is 1. The number of ether oxygens (including phenoxy) is 1. The van der Waals surface area contributed by atoms with E-state index in [2.05, 4.69) is 15.5 Å². The summed E-state index contributed by atoms with van der Waals surface area (Å²) in [4.78, 5) is 25.8. The number of hydrogen-bond donors (Lipinski definition) is 2. The van der Waals surface area contributed by atoms with Crippen LogP contribution in [0.5, 0.6) is 0 Å². The van der Waals surface area contributed by atoms with Crippen molar-refractivity contribution in [1.82, 2.24) is 15.5 Å². The van der Waals surface area contributed by atoms with Crippen molar-refractivity contribution < 1.29 is 14.3 Å². The van der Waals surface area contributed by atoms with Gasteiger partial charge >= 0.3 is 5.97 Å². The zero-order chi connectivity index (χ0) is 15.8. The second-order valence-corrected chi connectivity index (χ2v) is 6.29. The number of carbonyl (C=O) groups is 2. The summed E-state index contributed by atoms with van der Waals surface area (Å²) in [6.07, 6.45) is 4.30. The molecule has 0 unspecified atom stereocenters. The molecule has 0 radical (unpaired) electrons. The maximum atomic E-state index is 12.1. The number of esters is 1. The van der Waals surface area contributed by atoms with Gasteiger partial charge in [-0.05, 0) is 64.7 Å². The zero-order valence-electron chi connectivity index (χ0n) is 13.6. The smallest absolute Gasteiger partial charge is 0.325 e. The number of carbonyl (C=O) groups excluding carboxylic acids is 2. The number of rotatable bonds is 6. The lowest BCUT2D eigenvalue weighted by atomic mass is 9.93. The van der Waals surface area contributed by atoms with Crippen LogP contribution in [0.25, 0.3) is 0 Å². The topological polar surface area (TPSA) is 70.7 Å². The van der Waals surface area contributed by atoms with Gasteiger partial charge in [0.05, 0.1) is 6.61 Å². The van der Waals surface area contributed by atoms with Crippen molar-refractivity contribution in [3.63, 3.8) is 0 Å². The number of piperidine rings is 2. The molecule has 6 nitrogen and oxygen atoms in total. The summed E-state index contributed by atoms with van der Waals surface area (Å²) in [7, 11) is 0. The summed E-state index contributed by atoms with van der Waals surface area (Å²) in [5.41, 5.74) is 0. The van der Waals surface area contributed by atoms with E-state index in [1.807, 2.05) is 0 Å². The molecule has 2 heterocycles. The van der Waals surface area contributed by atoms with Crippen molar-refractivity contribution in [3.05, 3.63) is 0 Å². The Hall–Kier alpha value is -1.14. The lowest BCUT2D eigenvalue weighted by molar-refractivity contribution is -0.144. The summed E-state index contributed by atoms with van der Waals surface area (Å²) < 4.78 is 4.81. The van der Waals surface area contributed by atoms with Crippen LogP contribution in [-0.4, -0.2) is 62.7 Å². The average molecular weight is 311 g/mol. The molecule has 2 rings (SSSR count). The van der Waals surface area contributed by atoms with E-state index in [4.69, 9.17) is 4.74 Å². The van der Waals surface area contributed by atoms with E-state index in [9.17, 15) is 9.59 Å². The van der Waals surface area contributed by atoms with Gasteiger partial charge in [0.25, 0.3) is 0 Å². The van der Waals surface area contributed by atoms with Crippen molar-refractivity contribution >= 4 is 11.9 Å². The fourth-order valence-corrected chi connectivity index (χ4v) is 3.32. The molecule has 0 aliphatic carbocycles. The molecular weight excluding hydrogens is 282 g/mol. The fraction of sp³-hybridized carbons (Fsp3) is 0.875. The largest absolute Gasteiger partial charge is 0.465 e. The molecule has 2 saturated heterocycles. The van der Waals surface area contributed by atoms with E-state index in [1.165, 1.54) is 19.4 Å². The molecule has 0 spiro atoms. The highest BCUT2D eigenvalue weighted by Crippen LogP contribution is 2.20. The van der Waals surface area contributed by atoms with E-state index in [-0.39, 0.29) is 24.3 Å². The highest BCUT2D eigenvalue weighted by atomic mass is 16.5. The third-order valence-electron chi connectivity index (χ3n) is 4.65. The van der Waals surface area contributed by atoms with Crippen LogP contribution in [-0.2, 0) is 14.3 Å². The van der Waals surface area contributed by atoms with Gasteiger partial charge in [0.15, 0.2) is 0 Å². The minimum atomic E-state index is -0.362. The molecule has 126 valence electrons. The second-order valence-electron chi connectivity index (χ2n) is 6.29. The maximum absolute atomic E-state index is 12.1. The lowest BCUT2D eigenvalue weighted by Crippen LogP contribution is -2.44. The van der Waals surface area contributed by atoms with Crippen molar-refractivity contribution in [2.45, 2.75) is 32.6 Å². The second kappa shape index (κ2) is 9.10. The van der Waals surface area contributed by atoms with Crippen LogP contribution in [0.3, 0.4) is 0 Å². The minimum Gasteiger partial charge on any atom is -0.465 e. The monoisotopic (exact) mass is 311 g/mol. The van der Waals surface area contributed by atoms with E-state index in [1.54, 1.807) is 6.92 Å². The van der Waals surface area contributed by atoms with Crippen LogP contribution in [0, 0.1) is 11.8 Å². The van der Waals surface area contributed by atoms with Crippen LogP contribution in [0.2, 0.25) is 0 Å². The Bertz CT molecular complexity index is 362. The molecule has 0 atom stereocenters. The van der Waals surface area contributed by atoms with E-state index in [0.29, 0.717) is 6.61 Å². The summed E-state index contributed by atoms with van der Waals surface area (Å²) in [6.45, 7) is 7.51. The SMILES string of the molecule is CCOC(=O)CNC(=O)C1CCN(CC2CCNCC2)CC1. The quantitative estimate of drug-likeness (QED) is 0.694. The first-order chi connectivity index (χ1) is 10.7. The van der Waals surface area contributed by atoms with Crippen LogP contribution in [0.4, 0.5) is 0 Å². The van der Waals surface area contributed by atoms with Gasteiger partial charge in [0.1, 0.15) is 6.54 Å². The first kappa shape index (κ1) is 17.2. The maximum Gasteiger partial charge on any atom is 0.325 e. The van der Waals surface area contributed by atoms with Gasteiger partial charge in [0.2, 0.25) is 5.91 Å². The van der Waals surface area contributed by atoms with Crippen LogP contribution < -0.4 is 10.6 Å². The zero-order valence-corrected chi connectivity index (χ0v) is 13.6. The molecule has 0 aromatic carbocycles. The van der Waals surface area contributed by atoms with Crippen molar-refractivity contribution in [3.8, 4) is 0 Å². The summed E-state index contributed by atoms with van der Waals surface area (Å²) >= 11 is 0. The molecule has 2 aliphatic rings. The molecule has 1 amide bonds. The Morgan fingerprint density at radius 3 is 2.50 bits per heavy atom. The van der Waals surface area contributed by atoms with Crippen molar-refractivity contribution in [1.29, 1.82) is 0 Å². The molecule has 6 heteroatoms. The third kappa shape index (κ3) is 5.57. The lowest BCUT2D eigenvalue weighted by Gasteiger charge is -2.35. The average Bonchev–Trinajstić information content (AvgIpc) is 2.54. The van der Waals surface area contributed by atoms with Gasteiger partial charge in [-0.15, -0.1) is 0 Å². The molecule has 0 bridgehead atoms. The Kier molecular flexibility index (Phi) is 7.12. The fourth-order valence-electron chi connectivity index (χ4n) is 3.32. The Morgan fingerprint density at radius 2 is 1.86 bits per heavy atom. The van der Waals surface area contributed by atoms with Gasteiger partial charge < -0.3 is 20.3 Å². The number of likely N-dealkylation sites (tertiary alicyclic amines) is 1. The minimum absolute atomic E-state index is 0.00503. The Balaban J connectivity index is 1.63. The summed E-state index contributed by atoms with van der Waals surface area (Å²) in [5, 5.41) is 6.09. The Labute approximate surface area is 132 Å².